The van der Waals surface area contributed by atoms with Crippen LogP contribution in [0, 0.1) is 17.2 Å². The molecule has 1 fully saturated rings. The molecule has 2 aromatic carbocycles. The van der Waals surface area contributed by atoms with Crippen molar-refractivity contribution in [1.29, 1.82) is 5.26 Å². The smallest absolute Gasteiger partial charge is 0.241 e. The molecule has 4 unspecified atom stereocenters. The van der Waals surface area contributed by atoms with Crippen LogP contribution in [0.1, 0.15) is 25.5 Å². The van der Waals surface area contributed by atoms with Gasteiger partial charge in [-0.15, -0.1) is 11.8 Å². The fourth-order valence-electron chi connectivity index (χ4n) is 3.18. The molecule has 1 aliphatic heterocycles. The highest BCUT2D eigenvalue weighted by Gasteiger charge is 2.38. The fraction of sp³-hybridized carbons (Fsp3) is 0.318. The molecule has 0 aliphatic carbocycles. The van der Waals surface area contributed by atoms with E-state index in [1.54, 1.807) is 19.1 Å². The molecule has 0 aromatic heterocycles. The van der Waals surface area contributed by atoms with Crippen molar-refractivity contribution >= 4 is 29.3 Å². The van der Waals surface area contributed by atoms with Gasteiger partial charge in [0.15, 0.2) is 0 Å². The molecule has 0 bridgehead atoms. The highest BCUT2D eigenvalue weighted by atomic mass is 32.2. The summed E-state index contributed by atoms with van der Waals surface area (Å²) in [5.41, 5.74) is 0.951. The maximum Gasteiger partial charge on any atom is 0.241 e. The number of nitrogens with zero attached hydrogens (tertiary/aromatic N) is 1. The number of amides is 2. The molecule has 3 rings (SSSR count). The predicted octanol–water partition coefficient (Wildman–Crippen LogP) is 3.03. The van der Waals surface area contributed by atoms with Gasteiger partial charge in [-0.2, -0.15) is 5.26 Å². The first-order valence-electron chi connectivity index (χ1n) is 9.72. The molecule has 1 saturated heterocycles. The molecule has 0 spiro atoms. The molecule has 0 saturated carbocycles. The molecular formula is C22H24N4O3S. The third-order valence-electron chi connectivity index (χ3n) is 4.67. The predicted molar refractivity (Wildman–Crippen MR) is 117 cm³/mol. The zero-order chi connectivity index (χ0) is 21.5. The summed E-state index contributed by atoms with van der Waals surface area (Å²) in [4.78, 5) is 25.2. The molecule has 30 heavy (non-hydrogen) atoms. The normalized spacial score (nSPS) is 21.8. The van der Waals surface area contributed by atoms with Gasteiger partial charge in [-0.1, -0.05) is 42.5 Å². The fourth-order valence-corrected chi connectivity index (χ4v) is 4.18. The van der Waals surface area contributed by atoms with E-state index in [2.05, 4.69) is 22.0 Å². The highest BCUT2D eigenvalue weighted by molar-refractivity contribution is 8.01. The van der Waals surface area contributed by atoms with Gasteiger partial charge in [0.25, 0.3) is 0 Å². The molecule has 7 nitrogen and oxygen atoms in total. The van der Waals surface area contributed by atoms with Crippen LogP contribution in [0.15, 0.2) is 54.6 Å². The minimum absolute atomic E-state index is 0.207. The third-order valence-corrected chi connectivity index (χ3v) is 5.82. The van der Waals surface area contributed by atoms with Crippen molar-refractivity contribution in [3.05, 3.63) is 60.2 Å². The number of rotatable bonds is 7. The lowest BCUT2D eigenvalue weighted by atomic mass is 9.92. The quantitative estimate of drug-likeness (QED) is 0.631. The van der Waals surface area contributed by atoms with Crippen LogP contribution in [0.25, 0.3) is 0 Å². The Balaban J connectivity index is 1.67. The summed E-state index contributed by atoms with van der Waals surface area (Å²) in [7, 11) is 0. The third kappa shape index (κ3) is 5.12. The number of carbonyl (C=O) groups is 2. The molecule has 1 heterocycles. The standard InChI is InChI=1S/C22H24N4O3S/c1-3-29-18-12-8-7-11-17(18)24-20(27)14(2)30-22-25-19(15-9-5-4-6-10-15)16(13-23)21(28)26-22/h4-12,14,16,19,22,25H,3H2,1-2H3,(H,24,27)(H,26,28). The van der Waals surface area contributed by atoms with E-state index in [0.29, 0.717) is 18.0 Å². The Morgan fingerprint density at radius 3 is 2.63 bits per heavy atom. The van der Waals surface area contributed by atoms with Crippen molar-refractivity contribution < 1.29 is 14.3 Å². The summed E-state index contributed by atoms with van der Waals surface area (Å²) >= 11 is 1.28. The Bertz CT molecular complexity index is 931. The SMILES string of the molecule is CCOc1ccccc1NC(=O)C(C)SC1NC(=O)C(C#N)C(c2ccccc2)N1. The Morgan fingerprint density at radius 2 is 1.93 bits per heavy atom. The van der Waals surface area contributed by atoms with Crippen LogP contribution in [-0.4, -0.2) is 29.2 Å². The van der Waals surface area contributed by atoms with E-state index in [0.717, 1.165) is 5.56 Å². The van der Waals surface area contributed by atoms with Crippen LogP contribution in [-0.2, 0) is 9.59 Å². The molecule has 4 atom stereocenters. The van der Waals surface area contributed by atoms with Gasteiger partial charge in [-0.05, 0) is 31.5 Å². The van der Waals surface area contributed by atoms with E-state index in [1.807, 2.05) is 49.4 Å². The van der Waals surface area contributed by atoms with Crippen molar-refractivity contribution in [3.63, 3.8) is 0 Å². The largest absolute Gasteiger partial charge is 0.492 e. The maximum atomic E-state index is 12.7. The number of para-hydroxylation sites is 2. The number of nitriles is 1. The van der Waals surface area contributed by atoms with E-state index < -0.39 is 22.7 Å². The number of anilines is 1. The summed E-state index contributed by atoms with van der Waals surface area (Å²) in [6.45, 7) is 4.15. The van der Waals surface area contributed by atoms with E-state index in [-0.39, 0.29) is 11.8 Å². The van der Waals surface area contributed by atoms with Gasteiger partial charge in [0.1, 0.15) is 17.2 Å². The topological polar surface area (TPSA) is 103 Å². The number of benzene rings is 2. The van der Waals surface area contributed by atoms with E-state index >= 15 is 0 Å². The van der Waals surface area contributed by atoms with Gasteiger partial charge in [-0.3, -0.25) is 14.9 Å². The summed E-state index contributed by atoms with van der Waals surface area (Å²) < 4.78 is 5.55. The Labute approximate surface area is 180 Å². The van der Waals surface area contributed by atoms with Crippen molar-refractivity contribution in [2.45, 2.75) is 30.6 Å². The maximum absolute atomic E-state index is 12.7. The average molecular weight is 425 g/mol. The Hall–Kier alpha value is -3.02. The second-order valence-electron chi connectivity index (χ2n) is 6.75. The lowest BCUT2D eigenvalue weighted by molar-refractivity contribution is -0.126. The van der Waals surface area contributed by atoms with E-state index in [9.17, 15) is 14.9 Å². The molecule has 8 heteroatoms. The van der Waals surface area contributed by atoms with E-state index in [4.69, 9.17) is 4.74 Å². The molecule has 0 radical (unpaired) electrons. The second kappa shape index (κ2) is 10.1. The molecule has 2 aromatic rings. The van der Waals surface area contributed by atoms with Crippen molar-refractivity contribution in [2.75, 3.05) is 11.9 Å². The van der Waals surface area contributed by atoms with E-state index in [1.165, 1.54) is 11.8 Å². The Kier molecular flexibility index (Phi) is 7.33. The van der Waals surface area contributed by atoms with Crippen LogP contribution in [0.5, 0.6) is 5.75 Å². The van der Waals surface area contributed by atoms with Crippen molar-refractivity contribution in [2.24, 2.45) is 5.92 Å². The first-order chi connectivity index (χ1) is 14.5. The lowest BCUT2D eigenvalue weighted by Gasteiger charge is -2.35. The monoisotopic (exact) mass is 424 g/mol. The van der Waals surface area contributed by atoms with Gasteiger partial charge in [0.2, 0.25) is 11.8 Å². The summed E-state index contributed by atoms with van der Waals surface area (Å²) in [5, 5.41) is 17.9. The first kappa shape index (κ1) is 21.7. The summed E-state index contributed by atoms with van der Waals surface area (Å²) in [6.07, 6.45) is 0. The zero-order valence-electron chi connectivity index (χ0n) is 16.8. The number of hydrogen-bond acceptors (Lipinski definition) is 6. The highest BCUT2D eigenvalue weighted by Crippen LogP contribution is 2.30. The van der Waals surface area contributed by atoms with Crippen molar-refractivity contribution in [1.82, 2.24) is 10.6 Å². The number of thioether (sulfide) groups is 1. The van der Waals surface area contributed by atoms with Crippen LogP contribution in [0.3, 0.4) is 0 Å². The molecule has 3 N–H and O–H groups in total. The average Bonchev–Trinajstić information content (AvgIpc) is 2.75. The first-order valence-corrected chi connectivity index (χ1v) is 10.7. The second-order valence-corrected chi connectivity index (χ2v) is 8.20. The molecule has 2 amide bonds. The minimum atomic E-state index is -0.841. The van der Waals surface area contributed by atoms with Crippen molar-refractivity contribution in [3.8, 4) is 11.8 Å². The number of hydrogen-bond donors (Lipinski definition) is 3. The number of nitrogens with one attached hydrogen (secondary N) is 3. The summed E-state index contributed by atoms with van der Waals surface area (Å²) in [6, 6.07) is 18.2. The summed E-state index contributed by atoms with van der Waals surface area (Å²) in [5.74, 6) is -0.791. The molecule has 156 valence electrons. The zero-order valence-corrected chi connectivity index (χ0v) is 17.6. The van der Waals surface area contributed by atoms with Gasteiger partial charge in [0, 0.05) is 0 Å². The van der Waals surface area contributed by atoms with Gasteiger partial charge >= 0.3 is 0 Å². The van der Waals surface area contributed by atoms with Crippen LogP contribution in [0.4, 0.5) is 5.69 Å². The van der Waals surface area contributed by atoms with Crippen LogP contribution >= 0.6 is 11.8 Å². The minimum Gasteiger partial charge on any atom is -0.492 e. The Morgan fingerprint density at radius 1 is 1.23 bits per heavy atom. The molecule has 1 aliphatic rings. The van der Waals surface area contributed by atoms with Gasteiger partial charge in [-0.25, -0.2) is 0 Å². The van der Waals surface area contributed by atoms with Gasteiger partial charge < -0.3 is 15.4 Å². The lowest BCUT2D eigenvalue weighted by Crippen LogP contribution is -2.56. The van der Waals surface area contributed by atoms with Crippen LogP contribution in [0.2, 0.25) is 0 Å². The van der Waals surface area contributed by atoms with Gasteiger partial charge in [0.05, 0.1) is 29.7 Å². The molecular weight excluding hydrogens is 400 g/mol. The number of ether oxygens (including phenoxy) is 1. The van der Waals surface area contributed by atoms with Crippen LogP contribution < -0.4 is 20.7 Å². The number of carbonyl (C=O) groups excluding carboxylic acids is 2.